The van der Waals surface area contributed by atoms with E-state index in [4.69, 9.17) is 0 Å². The van der Waals surface area contributed by atoms with Gasteiger partial charge < -0.3 is 15.5 Å². The Bertz CT molecular complexity index is 243. The molecule has 0 saturated carbocycles. The summed E-state index contributed by atoms with van der Waals surface area (Å²) in [6.07, 6.45) is 8.75. The van der Waals surface area contributed by atoms with E-state index in [1.165, 1.54) is 51.6 Å². The van der Waals surface area contributed by atoms with Gasteiger partial charge >= 0.3 is 0 Å². The summed E-state index contributed by atoms with van der Waals surface area (Å²) in [4.78, 5) is 14.4. The van der Waals surface area contributed by atoms with E-state index in [9.17, 15) is 4.79 Å². The van der Waals surface area contributed by atoms with Crippen LogP contribution in [0.1, 0.15) is 44.9 Å². The molecule has 2 N–H and O–H groups in total. The van der Waals surface area contributed by atoms with Crippen LogP contribution in [-0.4, -0.2) is 49.6 Å². The van der Waals surface area contributed by atoms with Crippen LogP contribution >= 0.6 is 0 Å². The van der Waals surface area contributed by atoms with Crippen LogP contribution in [0.25, 0.3) is 0 Å². The number of carbonyl (C=O) groups excluding carboxylic acids is 1. The lowest BCUT2D eigenvalue weighted by Gasteiger charge is -2.24. The smallest absolute Gasteiger partial charge is 0.237 e. The number of rotatable bonds is 4. The molecule has 0 aromatic rings. The molecule has 2 fully saturated rings. The molecule has 1 amide bonds. The molecule has 0 aromatic heterocycles. The Morgan fingerprint density at radius 2 is 1.89 bits per heavy atom. The molecule has 0 bridgehead atoms. The first-order valence-electron chi connectivity index (χ1n) is 7.60. The van der Waals surface area contributed by atoms with Crippen LogP contribution in [0.2, 0.25) is 0 Å². The minimum Gasteiger partial charge on any atom is -0.353 e. The van der Waals surface area contributed by atoms with Crippen LogP contribution in [0, 0.1) is 0 Å². The van der Waals surface area contributed by atoms with Gasteiger partial charge in [0.15, 0.2) is 0 Å². The Labute approximate surface area is 110 Å². The van der Waals surface area contributed by atoms with Gasteiger partial charge in [-0.1, -0.05) is 19.3 Å². The average Bonchev–Trinajstić information content (AvgIpc) is 2.68. The molecule has 4 nitrogen and oxygen atoms in total. The van der Waals surface area contributed by atoms with Crippen LogP contribution in [0.4, 0.5) is 0 Å². The second kappa shape index (κ2) is 7.74. The van der Waals surface area contributed by atoms with Gasteiger partial charge in [-0.25, -0.2) is 0 Å². The summed E-state index contributed by atoms with van der Waals surface area (Å²) in [5, 5.41) is 6.37. The Morgan fingerprint density at radius 3 is 2.56 bits per heavy atom. The van der Waals surface area contributed by atoms with Crippen molar-refractivity contribution >= 4 is 5.91 Å². The molecular weight excluding hydrogens is 226 g/mol. The number of hydrogen-bond acceptors (Lipinski definition) is 3. The monoisotopic (exact) mass is 253 g/mol. The van der Waals surface area contributed by atoms with Gasteiger partial charge in [-0.05, 0) is 45.3 Å². The maximum atomic E-state index is 11.9. The van der Waals surface area contributed by atoms with Crippen LogP contribution in [-0.2, 0) is 4.79 Å². The van der Waals surface area contributed by atoms with E-state index >= 15 is 0 Å². The molecule has 18 heavy (non-hydrogen) atoms. The quantitative estimate of drug-likeness (QED) is 0.789. The van der Waals surface area contributed by atoms with Crippen molar-refractivity contribution in [3.63, 3.8) is 0 Å². The summed E-state index contributed by atoms with van der Waals surface area (Å²) < 4.78 is 0. The Hall–Kier alpha value is -0.610. The fourth-order valence-corrected chi connectivity index (χ4v) is 2.90. The second-order valence-electron chi connectivity index (χ2n) is 5.55. The van der Waals surface area contributed by atoms with Crippen LogP contribution in [0.3, 0.4) is 0 Å². The fourth-order valence-electron chi connectivity index (χ4n) is 2.90. The number of piperidine rings is 1. The highest BCUT2D eigenvalue weighted by Crippen LogP contribution is 2.09. The van der Waals surface area contributed by atoms with Gasteiger partial charge in [-0.15, -0.1) is 0 Å². The summed E-state index contributed by atoms with van der Waals surface area (Å²) in [7, 11) is 0. The maximum Gasteiger partial charge on any atom is 0.237 e. The highest BCUT2D eigenvalue weighted by molar-refractivity contribution is 5.81. The Balaban J connectivity index is 1.60. The minimum absolute atomic E-state index is 0.0582. The van der Waals surface area contributed by atoms with Crippen molar-refractivity contribution < 1.29 is 4.79 Å². The number of nitrogens with zero attached hydrogens (tertiary/aromatic N) is 1. The van der Waals surface area contributed by atoms with E-state index in [1.807, 2.05) is 0 Å². The van der Waals surface area contributed by atoms with Crippen LogP contribution in [0.15, 0.2) is 0 Å². The molecule has 2 saturated heterocycles. The summed E-state index contributed by atoms with van der Waals surface area (Å²) in [5.74, 6) is 0.199. The third-order valence-corrected chi connectivity index (χ3v) is 4.05. The van der Waals surface area contributed by atoms with Crippen molar-refractivity contribution in [2.75, 3.05) is 32.7 Å². The van der Waals surface area contributed by atoms with E-state index in [0.29, 0.717) is 0 Å². The fraction of sp³-hybridized carbons (Fsp3) is 0.929. The van der Waals surface area contributed by atoms with E-state index in [2.05, 4.69) is 15.5 Å². The van der Waals surface area contributed by atoms with Crippen molar-refractivity contribution in [2.45, 2.75) is 51.0 Å². The zero-order valence-corrected chi connectivity index (χ0v) is 11.4. The molecule has 0 unspecified atom stereocenters. The first-order chi connectivity index (χ1) is 8.86. The van der Waals surface area contributed by atoms with Crippen molar-refractivity contribution in [1.82, 2.24) is 15.5 Å². The summed E-state index contributed by atoms with van der Waals surface area (Å²) in [6.45, 7) is 5.22. The van der Waals surface area contributed by atoms with Gasteiger partial charge in [0, 0.05) is 13.1 Å². The molecule has 0 spiro atoms. The molecular formula is C14H27N3O. The lowest BCUT2D eigenvalue weighted by Crippen LogP contribution is -2.48. The molecule has 0 aromatic carbocycles. The van der Waals surface area contributed by atoms with Gasteiger partial charge in [-0.2, -0.15) is 0 Å². The predicted octanol–water partition coefficient (Wildman–Crippen LogP) is 1.12. The Kier molecular flexibility index (Phi) is 5.94. The predicted molar refractivity (Wildman–Crippen MR) is 73.6 cm³/mol. The van der Waals surface area contributed by atoms with Crippen molar-refractivity contribution in [1.29, 1.82) is 0 Å². The van der Waals surface area contributed by atoms with Gasteiger partial charge in [0.1, 0.15) is 0 Å². The lowest BCUT2D eigenvalue weighted by atomic mass is 10.0. The third-order valence-electron chi connectivity index (χ3n) is 4.05. The molecule has 2 aliphatic heterocycles. The normalized spacial score (nSPS) is 26.6. The first kappa shape index (κ1) is 13.8. The summed E-state index contributed by atoms with van der Waals surface area (Å²) >= 11 is 0. The number of carbonyl (C=O) groups is 1. The highest BCUT2D eigenvalue weighted by Gasteiger charge is 2.20. The molecule has 2 rings (SSSR count). The maximum absolute atomic E-state index is 11.9. The SMILES string of the molecule is O=C(NCCN1CCCCCC1)[C@@H]1CCCCN1. The zero-order chi connectivity index (χ0) is 12.6. The average molecular weight is 253 g/mol. The van der Waals surface area contributed by atoms with Crippen molar-refractivity contribution in [2.24, 2.45) is 0 Å². The number of hydrogen-bond donors (Lipinski definition) is 2. The van der Waals surface area contributed by atoms with E-state index in [0.717, 1.165) is 26.1 Å². The molecule has 4 heteroatoms. The van der Waals surface area contributed by atoms with Crippen molar-refractivity contribution in [3.05, 3.63) is 0 Å². The highest BCUT2D eigenvalue weighted by atomic mass is 16.2. The second-order valence-corrected chi connectivity index (χ2v) is 5.55. The molecule has 1 atom stereocenters. The molecule has 0 radical (unpaired) electrons. The van der Waals surface area contributed by atoms with Crippen molar-refractivity contribution in [3.8, 4) is 0 Å². The minimum atomic E-state index is 0.0582. The largest absolute Gasteiger partial charge is 0.353 e. The zero-order valence-electron chi connectivity index (χ0n) is 11.4. The molecule has 2 heterocycles. The standard InChI is InChI=1S/C14H27N3O/c18-14(13-7-3-4-8-15-13)16-9-12-17-10-5-1-2-6-11-17/h13,15H,1-12H2,(H,16,18)/t13-/m0/s1. The van der Waals surface area contributed by atoms with E-state index in [-0.39, 0.29) is 11.9 Å². The third kappa shape index (κ3) is 4.58. The summed E-state index contributed by atoms with van der Waals surface area (Å²) in [5.41, 5.74) is 0. The van der Waals surface area contributed by atoms with Crippen LogP contribution < -0.4 is 10.6 Å². The lowest BCUT2D eigenvalue weighted by molar-refractivity contribution is -0.123. The molecule has 2 aliphatic rings. The van der Waals surface area contributed by atoms with Gasteiger partial charge in [0.25, 0.3) is 0 Å². The number of amides is 1. The number of nitrogens with one attached hydrogen (secondary N) is 2. The Morgan fingerprint density at radius 1 is 1.11 bits per heavy atom. The number of likely N-dealkylation sites (tertiary alicyclic amines) is 1. The van der Waals surface area contributed by atoms with Gasteiger partial charge in [0.2, 0.25) is 5.91 Å². The first-order valence-corrected chi connectivity index (χ1v) is 7.60. The molecule has 104 valence electrons. The topological polar surface area (TPSA) is 44.4 Å². The van der Waals surface area contributed by atoms with Crippen LogP contribution in [0.5, 0.6) is 0 Å². The van der Waals surface area contributed by atoms with Gasteiger partial charge in [-0.3, -0.25) is 4.79 Å². The van der Waals surface area contributed by atoms with E-state index < -0.39 is 0 Å². The van der Waals surface area contributed by atoms with E-state index in [1.54, 1.807) is 0 Å². The molecule has 0 aliphatic carbocycles. The summed E-state index contributed by atoms with van der Waals surface area (Å²) in [6, 6.07) is 0.0582. The van der Waals surface area contributed by atoms with Gasteiger partial charge in [0.05, 0.1) is 6.04 Å².